The molecule has 0 aliphatic rings. The van der Waals surface area contributed by atoms with Crippen molar-refractivity contribution < 1.29 is 19.2 Å². The number of esters is 1. The molecule has 0 saturated heterocycles. The van der Waals surface area contributed by atoms with Crippen molar-refractivity contribution in [3.05, 3.63) is 34.4 Å². The van der Waals surface area contributed by atoms with E-state index in [1.165, 1.54) is 23.9 Å². The molecule has 1 amide bonds. The van der Waals surface area contributed by atoms with Gasteiger partial charge in [-0.3, -0.25) is 19.7 Å². The maximum atomic E-state index is 11.6. The lowest BCUT2D eigenvalue weighted by molar-refractivity contribution is -0.384. The number of benzene rings is 1. The van der Waals surface area contributed by atoms with E-state index in [1.54, 1.807) is 12.1 Å². The number of hydrogen-bond donors (Lipinski definition) is 1. The lowest BCUT2D eigenvalue weighted by atomic mass is 10.2. The van der Waals surface area contributed by atoms with Crippen molar-refractivity contribution in [3.8, 4) is 0 Å². The molecular formula is C15H20N2O5S. The normalized spacial score (nSPS) is 11.6. The van der Waals surface area contributed by atoms with Gasteiger partial charge in [-0.15, -0.1) is 11.8 Å². The summed E-state index contributed by atoms with van der Waals surface area (Å²) in [6.45, 7) is 3.62. The fourth-order valence-corrected chi connectivity index (χ4v) is 2.51. The molecule has 0 radical (unpaired) electrons. The molecule has 0 aromatic heterocycles. The summed E-state index contributed by atoms with van der Waals surface area (Å²) < 4.78 is 4.89. The summed E-state index contributed by atoms with van der Waals surface area (Å²) >= 11 is 1.19. The summed E-state index contributed by atoms with van der Waals surface area (Å²) in [6.07, 6.45) is 1.84. The molecule has 8 heteroatoms. The number of thioether (sulfide) groups is 1. The fourth-order valence-electron chi connectivity index (χ4n) is 1.82. The lowest BCUT2D eigenvalue weighted by Crippen LogP contribution is -2.35. The van der Waals surface area contributed by atoms with Gasteiger partial charge in [-0.1, -0.05) is 13.3 Å². The first-order valence-electron chi connectivity index (χ1n) is 7.24. The fraction of sp³-hybridized carbons (Fsp3) is 0.467. The molecule has 0 spiro atoms. The van der Waals surface area contributed by atoms with Gasteiger partial charge in [0.05, 0.1) is 10.7 Å². The van der Waals surface area contributed by atoms with Crippen molar-refractivity contribution in [2.75, 3.05) is 12.4 Å². The smallest absolute Gasteiger partial charge is 0.316 e. The molecule has 23 heavy (non-hydrogen) atoms. The molecule has 0 heterocycles. The zero-order valence-corrected chi connectivity index (χ0v) is 13.9. The number of hydrogen-bond acceptors (Lipinski definition) is 6. The van der Waals surface area contributed by atoms with Crippen LogP contribution in [-0.2, 0) is 14.3 Å². The van der Waals surface area contributed by atoms with Gasteiger partial charge in [0.25, 0.3) is 11.6 Å². The number of carbonyl (C=O) groups is 2. The number of rotatable bonds is 9. The van der Waals surface area contributed by atoms with E-state index >= 15 is 0 Å². The maximum absolute atomic E-state index is 11.6. The number of nitrogens with zero attached hydrogens (tertiary/aromatic N) is 1. The van der Waals surface area contributed by atoms with Gasteiger partial charge >= 0.3 is 5.97 Å². The first kappa shape index (κ1) is 19.0. The minimum absolute atomic E-state index is 0.00482. The first-order chi connectivity index (χ1) is 10.9. The van der Waals surface area contributed by atoms with Crippen LogP contribution in [0.1, 0.15) is 26.7 Å². The number of carbonyl (C=O) groups excluding carboxylic acids is 2. The molecule has 0 aliphatic heterocycles. The number of amides is 1. The average Bonchev–Trinajstić information content (AvgIpc) is 2.51. The molecule has 0 bridgehead atoms. The average molecular weight is 340 g/mol. The Morgan fingerprint density at radius 2 is 2.00 bits per heavy atom. The van der Waals surface area contributed by atoms with Crippen LogP contribution >= 0.6 is 11.8 Å². The zero-order chi connectivity index (χ0) is 17.2. The van der Waals surface area contributed by atoms with Crippen LogP contribution in [0.25, 0.3) is 0 Å². The van der Waals surface area contributed by atoms with Gasteiger partial charge in [0.15, 0.2) is 6.61 Å². The molecular weight excluding hydrogens is 320 g/mol. The Kier molecular flexibility index (Phi) is 8.10. The Balaban J connectivity index is 2.28. The summed E-state index contributed by atoms with van der Waals surface area (Å²) in [5, 5.41) is 13.3. The predicted octanol–water partition coefficient (Wildman–Crippen LogP) is 2.53. The number of non-ortho nitro benzene ring substituents is 1. The van der Waals surface area contributed by atoms with Crippen LogP contribution in [0.2, 0.25) is 0 Å². The van der Waals surface area contributed by atoms with E-state index in [2.05, 4.69) is 5.32 Å². The summed E-state index contributed by atoms with van der Waals surface area (Å²) in [4.78, 5) is 33.9. The minimum atomic E-state index is -0.508. The van der Waals surface area contributed by atoms with E-state index in [-0.39, 0.29) is 30.0 Å². The van der Waals surface area contributed by atoms with Crippen LogP contribution in [0, 0.1) is 10.1 Å². The Morgan fingerprint density at radius 1 is 1.35 bits per heavy atom. The second-order valence-corrected chi connectivity index (χ2v) is 6.01. The molecule has 0 fully saturated rings. The van der Waals surface area contributed by atoms with Crippen LogP contribution in [-0.4, -0.2) is 35.2 Å². The minimum Gasteiger partial charge on any atom is -0.455 e. The zero-order valence-electron chi connectivity index (χ0n) is 13.1. The summed E-state index contributed by atoms with van der Waals surface area (Å²) in [5.41, 5.74) is -0.00482. The standard InChI is InChI=1S/C15H20N2O5S/c1-3-4-11(2)16-14(18)9-22-15(19)10-23-13-7-5-12(6-8-13)17(20)21/h5-8,11H,3-4,9-10H2,1-2H3,(H,16,18)/t11-/m0/s1. The molecule has 1 aromatic rings. The highest BCUT2D eigenvalue weighted by atomic mass is 32.2. The van der Waals surface area contributed by atoms with Gasteiger partial charge in [-0.2, -0.15) is 0 Å². The Hall–Kier alpha value is -2.09. The van der Waals surface area contributed by atoms with Crippen LogP contribution in [0.4, 0.5) is 5.69 Å². The van der Waals surface area contributed by atoms with E-state index in [1.807, 2.05) is 13.8 Å². The van der Waals surface area contributed by atoms with Crippen molar-refractivity contribution in [2.24, 2.45) is 0 Å². The highest BCUT2D eigenvalue weighted by Gasteiger charge is 2.11. The number of nitro benzene ring substituents is 1. The molecule has 7 nitrogen and oxygen atoms in total. The first-order valence-corrected chi connectivity index (χ1v) is 8.23. The van der Waals surface area contributed by atoms with E-state index in [9.17, 15) is 19.7 Å². The monoisotopic (exact) mass is 340 g/mol. The Bertz CT molecular complexity index is 547. The molecule has 126 valence electrons. The third-order valence-electron chi connectivity index (χ3n) is 2.90. The Morgan fingerprint density at radius 3 is 2.57 bits per heavy atom. The maximum Gasteiger partial charge on any atom is 0.316 e. The van der Waals surface area contributed by atoms with Gasteiger partial charge in [-0.05, 0) is 25.5 Å². The van der Waals surface area contributed by atoms with Gasteiger partial charge in [0.2, 0.25) is 0 Å². The predicted molar refractivity (Wildman–Crippen MR) is 87.3 cm³/mol. The molecule has 1 rings (SSSR count). The third kappa shape index (κ3) is 7.64. The van der Waals surface area contributed by atoms with Gasteiger partial charge in [-0.25, -0.2) is 0 Å². The molecule has 1 atom stereocenters. The summed E-state index contributed by atoms with van der Waals surface area (Å²) in [6, 6.07) is 5.93. The molecule has 0 saturated carbocycles. The van der Waals surface area contributed by atoms with Crippen molar-refractivity contribution in [1.82, 2.24) is 5.32 Å². The van der Waals surface area contributed by atoms with Gasteiger partial charge in [0.1, 0.15) is 0 Å². The largest absolute Gasteiger partial charge is 0.455 e. The highest BCUT2D eigenvalue weighted by molar-refractivity contribution is 8.00. The van der Waals surface area contributed by atoms with Crippen molar-refractivity contribution in [2.45, 2.75) is 37.6 Å². The van der Waals surface area contributed by atoms with E-state index in [4.69, 9.17) is 4.74 Å². The van der Waals surface area contributed by atoms with E-state index < -0.39 is 10.9 Å². The van der Waals surface area contributed by atoms with Crippen molar-refractivity contribution in [1.29, 1.82) is 0 Å². The van der Waals surface area contributed by atoms with Crippen LogP contribution < -0.4 is 5.32 Å². The van der Waals surface area contributed by atoms with Crippen molar-refractivity contribution in [3.63, 3.8) is 0 Å². The van der Waals surface area contributed by atoms with E-state index in [0.717, 1.165) is 12.8 Å². The number of nitrogens with one attached hydrogen (secondary N) is 1. The SMILES string of the molecule is CCC[C@H](C)NC(=O)COC(=O)CSc1ccc([N+](=O)[O-])cc1. The molecule has 0 unspecified atom stereocenters. The quantitative estimate of drug-likeness (QED) is 0.321. The Labute approximate surface area is 138 Å². The second-order valence-electron chi connectivity index (χ2n) is 4.96. The van der Waals surface area contributed by atoms with Crippen LogP contribution in [0.3, 0.4) is 0 Å². The number of nitro groups is 1. The topological polar surface area (TPSA) is 98.5 Å². The van der Waals surface area contributed by atoms with E-state index in [0.29, 0.717) is 4.90 Å². The molecule has 1 N–H and O–H groups in total. The van der Waals surface area contributed by atoms with Gasteiger partial charge in [0, 0.05) is 23.1 Å². The van der Waals surface area contributed by atoms with Gasteiger partial charge < -0.3 is 10.1 Å². The third-order valence-corrected chi connectivity index (χ3v) is 3.88. The summed E-state index contributed by atoms with van der Waals surface area (Å²) in [7, 11) is 0. The summed E-state index contributed by atoms with van der Waals surface area (Å²) in [5.74, 6) is -0.790. The lowest BCUT2D eigenvalue weighted by Gasteiger charge is -2.12. The van der Waals surface area contributed by atoms with Crippen LogP contribution in [0.15, 0.2) is 29.2 Å². The highest BCUT2D eigenvalue weighted by Crippen LogP contribution is 2.21. The van der Waals surface area contributed by atoms with Crippen molar-refractivity contribution >= 4 is 29.3 Å². The number of ether oxygens (including phenoxy) is 1. The molecule has 0 aliphatic carbocycles. The van der Waals surface area contributed by atoms with Crippen LogP contribution in [0.5, 0.6) is 0 Å². The second kappa shape index (κ2) is 9.83. The molecule has 1 aromatic carbocycles.